The van der Waals surface area contributed by atoms with E-state index in [0.717, 1.165) is 5.65 Å². The molecule has 24 heavy (non-hydrogen) atoms. The minimum Gasteiger partial charge on any atom is -0.350 e. The summed E-state index contributed by atoms with van der Waals surface area (Å²) in [6.07, 6.45) is 3.54. The number of amides is 1. The maximum Gasteiger partial charge on any atom is 0.268 e. The molecule has 0 saturated heterocycles. The Kier molecular flexibility index (Phi) is 3.46. The fraction of sp³-hybridized carbons (Fsp3) is 0.0588. The lowest BCUT2D eigenvalue weighted by Gasteiger charge is -2.00. The number of rotatable bonds is 3. The number of nitrogens with zero attached hydrogens (tertiary/aromatic N) is 2. The predicted molar refractivity (Wildman–Crippen MR) is 89.6 cm³/mol. The van der Waals surface area contributed by atoms with E-state index in [4.69, 9.17) is 11.6 Å². The summed E-state index contributed by atoms with van der Waals surface area (Å²) in [5.41, 5.74) is 2.34. The molecule has 5 nitrogen and oxygen atoms in total. The fourth-order valence-corrected chi connectivity index (χ4v) is 2.78. The average Bonchev–Trinajstić information content (AvgIpc) is 3.16. The molecule has 1 aromatic carbocycles. The van der Waals surface area contributed by atoms with Crippen LogP contribution in [-0.2, 0) is 6.54 Å². The zero-order valence-corrected chi connectivity index (χ0v) is 13.1. The molecule has 0 spiro atoms. The molecule has 0 saturated carbocycles. The quantitative estimate of drug-likeness (QED) is 0.598. The van der Waals surface area contributed by atoms with E-state index in [-0.39, 0.29) is 18.3 Å². The Labute approximate surface area is 141 Å². The third-order valence-electron chi connectivity index (χ3n) is 3.75. The molecule has 4 aromatic rings. The largest absolute Gasteiger partial charge is 0.350 e. The van der Waals surface area contributed by atoms with E-state index in [1.807, 2.05) is 0 Å². The first kappa shape index (κ1) is 14.7. The second-order valence-electron chi connectivity index (χ2n) is 5.41. The lowest BCUT2D eigenvalue weighted by molar-refractivity contribution is 0.0946. The molecule has 4 rings (SSSR count). The zero-order chi connectivity index (χ0) is 16.7. The fourth-order valence-electron chi connectivity index (χ4n) is 2.61. The maximum atomic E-state index is 13.7. The SMILES string of the molecule is O=C(NCc1cn2cc(Cl)ccc2n1)c1cc2c(F)cccc2[nH]1. The lowest BCUT2D eigenvalue weighted by atomic mass is 10.2. The minimum absolute atomic E-state index is 0.260. The summed E-state index contributed by atoms with van der Waals surface area (Å²) in [6.45, 7) is 0.260. The molecule has 7 heteroatoms. The van der Waals surface area contributed by atoms with Crippen LogP contribution in [0.3, 0.4) is 0 Å². The molecule has 0 radical (unpaired) electrons. The number of nitrogens with one attached hydrogen (secondary N) is 2. The van der Waals surface area contributed by atoms with Gasteiger partial charge in [-0.2, -0.15) is 0 Å². The molecule has 120 valence electrons. The van der Waals surface area contributed by atoms with Gasteiger partial charge in [0.05, 0.1) is 17.3 Å². The number of pyridine rings is 1. The van der Waals surface area contributed by atoms with E-state index >= 15 is 0 Å². The normalized spacial score (nSPS) is 11.2. The lowest BCUT2D eigenvalue weighted by Crippen LogP contribution is -2.23. The van der Waals surface area contributed by atoms with E-state index < -0.39 is 0 Å². The monoisotopic (exact) mass is 342 g/mol. The zero-order valence-electron chi connectivity index (χ0n) is 12.4. The Morgan fingerprint density at radius 1 is 1.29 bits per heavy atom. The maximum absolute atomic E-state index is 13.7. The number of aromatic amines is 1. The number of aromatic nitrogens is 3. The van der Waals surface area contributed by atoms with E-state index in [2.05, 4.69) is 15.3 Å². The van der Waals surface area contributed by atoms with Crippen LogP contribution in [-0.4, -0.2) is 20.3 Å². The third-order valence-corrected chi connectivity index (χ3v) is 3.97. The first-order valence-corrected chi connectivity index (χ1v) is 7.66. The highest BCUT2D eigenvalue weighted by Crippen LogP contribution is 2.18. The van der Waals surface area contributed by atoms with Crippen LogP contribution in [0.5, 0.6) is 0 Å². The van der Waals surface area contributed by atoms with Crippen molar-refractivity contribution in [3.8, 4) is 0 Å². The number of fused-ring (bicyclic) bond motifs is 2. The van der Waals surface area contributed by atoms with Crippen LogP contribution in [0.1, 0.15) is 16.2 Å². The Balaban J connectivity index is 1.53. The van der Waals surface area contributed by atoms with Crippen LogP contribution < -0.4 is 5.32 Å². The van der Waals surface area contributed by atoms with Crippen molar-refractivity contribution in [3.63, 3.8) is 0 Å². The third kappa shape index (κ3) is 2.61. The molecule has 0 bridgehead atoms. The van der Waals surface area contributed by atoms with E-state index in [1.165, 1.54) is 12.1 Å². The molecule has 0 aliphatic carbocycles. The highest BCUT2D eigenvalue weighted by atomic mass is 35.5. The number of hydrogen-bond donors (Lipinski definition) is 2. The van der Waals surface area contributed by atoms with Crippen LogP contribution >= 0.6 is 11.6 Å². The van der Waals surface area contributed by atoms with Gasteiger partial charge in [0.2, 0.25) is 0 Å². The van der Waals surface area contributed by atoms with Crippen LogP contribution in [0.2, 0.25) is 5.02 Å². The molecule has 3 heterocycles. The highest BCUT2D eigenvalue weighted by Gasteiger charge is 2.12. The summed E-state index contributed by atoms with van der Waals surface area (Å²) >= 11 is 5.93. The van der Waals surface area contributed by atoms with Gasteiger partial charge >= 0.3 is 0 Å². The number of imidazole rings is 1. The standard InChI is InChI=1S/C17H12ClFN4O/c18-10-4-5-16-21-11(9-23(16)8-10)7-20-17(24)15-6-12-13(19)2-1-3-14(12)22-15/h1-6,8-9,22H,7H2,(H,20,24). The van der Waals surface area contributed by atoms with Crippen LogP contribution in [0.15, 0.2) is 48.8 Å². The second kappa shape index (κ2) is 5.65. The van der Waals surface area contributed by atoms with Crippen molar-refractivity contribution in [2.75, 3.05) is 0 Å². The number of H-pyrrole nitrogens is 1. The summed E-state index contributed by atoms with van der Waals surface area (Å²) in [4.78, 5) is 19.6. The van der Waals surface area contributed by atoms with E-state index in [1.54, 1.807) is 41.1 Å². The molecule has 0 aliphatic rings. The van der Waals surface area contributed by atoms with Gasteiger partial charge in [-0.05, 0) is 30.3 Å². The van der Waals surface area contributed by atoms with Crippen LogP contribution in [0.4, 0.5) is 4.39 Å². The van der Waals surface area contributed by atoms with Gasteiger partial charge in [-0.15, -0.1) is 0 Å². The van der Waals surface area contributed by atoms with Gasteiger partial charge in [0, 0.05) is 23.3 Å². The molecule has 0 unspecified atom stereocenters. The first-order chi connectivity index (χ1) is 11.6. The van der Waals surface area contributed by atoms with Gasteiger partial charge in [-0.25, -0.2) is 9.37 Å². The minimum atomic E-state index is -0.361. The van der Waals surface area contributed by atoms with Gasteiger partial charge in [0.25, 0.3) is 5.91 Å². The summed E-state index contributed by atoms with van der Waals surface area (Å²) in [7, 11) is 0. The van der Waals surface area contributed by atoms with Gasteiger partial charge in [0.15, 0.2) is 0 Å². The van der Waals surface area contributed by atoms with Crippen LogP contribution in [0, 0.1) is 5.82 Å². The molecular weight excluding hydrogens is 331 g/mol. The number of benzene rings is 1. The molecule has 0 fully saturated rings. The topological polar surface area (TPSA) is 62.2 Å². The molecule has 2 N–H and O–H groups in total. The van der Waals surface area contributed by atoms with Crippen molar-refractivity contribution in [2.24, 2.45) is 0 Å². The molecule has 1 amide bonds. The highest BCUT2D eigenvalue weighted by molar-refractivity contribution is 6.30. The van der Waals surface area contributed by atoms with E-state index in [9.17, 15) is 9.18 Å². The molecular formula is C17H12ClFN4O. The van der Waals surface area contributed by atoms with Crippen molar-refractivity contribution in [1.29, 1.82) is 0 Å². The first-order valence-electron chi connectivity index (χ1n) is 7.29. The van der Waals surface area contributed by atoms with Crippen molar-refractivity contribution >= 4 is 34.1 Å². The Bertz CT molecular complexity index is 1070. The number of carbonyl (C=O) groups excluding carboxylic acids is 1. The van der Waals surface area contributed by atoms with Crippen molar-refractivity contribution in [1.82, 2.24) is 19.7 Å². The van der Waals surface area contributed by atoms with Gasteiger partial charge in [-0.1, -0.05) is 17.7 Å². The van der Waals surface area contributed by atoms with Crippen molar-refractivity contribution < 1.29 is 9.18 Å². The predicted octanol–water partition coefficient (Wildman–Crippen LogP) is 3.54. The average molecular weight is 343 g/mol. The summed E-state index contributed by atoms with van der Waals surface area (Å²) < 4.78 is 15.5. The van der Waals surface area contributed by atoms with Crippen molar-refractivity contribution in [2.45, 2.75) is 6.54 Å². The summed E-state index contributed by atoms with van der Waals surface area (Å²) in [6, 6.07) is 9.74. The summed E-state index contributed by atoms with van der Waals surface area (Å²) in [5.74, 6) is -0.680. The number of hydrogen-bond acceptors (Lipinski definition) is 2. The van der Waals surface area contributed by atoms with Gasteiger partial charge < -0.3 is 14.7 Å². The van der Waals surface area contributed by atoms with Gasteiger partial charge in [-0.3, -0.25) is 4.79 Å². The Morgan fingerprint density at radius 2 is 2.17 bits per heavy atom. The second-order valence-corrected chi connectivity index (χ2v) is 5.85. The summed E-state index contributed by atoms with van der Waals surface area (Å²) in [5, 5.41) is 3.77. The van der Waals surface area contributed by atoms with Crippen LogP contribution in [0.25, 0.3) is 16.6 Å². The van der Waals surface area contributed by atoms with E-state index in [0.29, 0.717) is 27.3 Å². The Hall–Kier alpha value is -2.86. The smallest absolute Gasteiger partial charge is 0.268 e. The van der Waals surface area contributed by atoms with Gasteiger partial charge in [0.1, 0.15) is 17.2 Å². The molecule has 0 aliphatic heterocycles. The van der Waals surface area contributed by atoms with Crippen molar-refractivity contribution in [3.05, 3.63) is 71.0 Å². The molecule has 0 atom stereocenters. The number of halogens is 2. The molecule has 3 aromatic heterocycles. The number of carbonyl (C=O) groups is 1. The Morgan fingerprint density at radius 3 is 3.00 bits per heavy atom.